The first-order valence-electron chi connectivity index (χ1n) is 7.88. The van der Waals surface area contributed by atoms with Crippen LogP contribution in [0, 0.1) is 5.21 Å². The number of likely N-dealkylation sites (tertiary alicyclic amines) is 1. The Kier molecular flexibility index (Phi) is 4.92. The molecule has 1 aliphatic rings. The Morgan fingerprint density at radius 2 is 2.19 bits per heavy atom. The van der Waals surface area contributed by atoms with Crippen LogP contribution < -0.4 is 9.47 Å². The first kappa shape index (κ1) is 17.9. The van der Waals surface area contributed by atoms with Crippen LogP contribution in [-0.4, -0.2) is 40.0 Å². The average molecular weight is 368 g/mol. The van der Waals surface area contributed by atoms with Gasteiger partial charge in [0, 0.05) is 18.8 Å². The van der Waals surface area contributed by atoms with Gasteiger partial charge in [-0.15, -0.1) is 0 Å². The molecule has 0 N–H and O–H groups in total. The molecule has 10 heteroatoms. The van der Waals surface area contributed by atoms with Gasteiger partial charge in [-0.2, -0.15) is 22.9 Å². The van der Waals surface area contributed by atoms with Gasteiger partial charge >= 0.3 is 12.2 Å². The number of nitrogens with zero attached hydrogens (tertiary/aromatic N) is 4. The zero-order valence-corrected chi connectivity index (χ0v) is 13.5. The normalized spacial score (nSPS) is 17.8. The summed E-state index contributed by atoms with van der Waals surface area (Å²) in [5, 5.41) is 11.3. The number of carbonyl (C=O) groups is 1. The minimum Gasteiger partial charge on any atom is -0.619 e. The van der Waals surface area contributed by atoms with E-state index in [1.54, 1.807) is 0 Å². The number of aromatic nitrogens is 3. The van der Waals surface area contributed by atoms with Crippen LogP contribution in [-0.2, 0) is 6.18 Å². The van der Waals surface area contributed by atoms with Crippen molar-refractivity contribution in [2.45, 2.75) is 25.1 Å². The van der Waals surface area contributed by atoms with Crippen molar-refractivity contribution in [1.82, 2.24) is 14.9 Å². The number of hydrogen-bond acceptors (Lipinski definition) is 5. The van der Waals surface area contributed by atoms with E-state index >= 15 is 0 Å². The Bertz CT molecular complexity index is 800. The van der Waals surface area contributed by atoms with Gasteiger partial charge in [-0.1, -0.05) is 0 Å². The summed E-state index contributed by atoms with van der Waals surface area (Å²) >= 11 is 0. The number of rotatable bonds is 3. The van der Waals surface area contributed by atoms with Crippen molar-refractivity contribution in [2.75, 3.05) is 13.1 Å². The molecule has 0 saturated carbocycles. The number of amides is 1. The second kappa shape index (κ2) is 7.14. The number of piperidine rings is 1. The second-order valence-corrected chi connectivity index (χ2v) is 5.81. The summed E-state index contributed by atoms with van der Waals surface area (Å²) in [6.07, 6.45) is -0.532. The highest BCUT2D eigenvalue weighted by Gasteiger charge is 2.33. The summed E-state index contributed by atoms with van der Waals surface area (Å²) in [7, 11) is 0. The van der Waals surface area contributed by atoms with Crippen molar-refractivity contribution in [2.24, 2.45) is 0 Å². The maximum Gasteiger partial charge on any atom is 0.433 e. The zero-order valence-electron chi connectivity index (χ0n) is 13.5. The Morgan fingerprint density at radius 1 is 1.38 bits per heavy atom. The molecular formula is C16H15F3N4O3. The van der Waals surface area contributed by atoms with Crippen LogP contribution in [0.3, 0.4) is 0 Å². The molecule has 3 rings (SSSR count). The van der Waals surface area contributed by atoms with Gasteiger partial charge in [-0.05, 0) is 25.0 Å². The van der Waals surface area contributed by atoms with Gasteiger partial charge in [-0.3, -0.25) is 4.79 Å². The zero-order chi connectivity index (χ0) is 18.7. The van der Waals surface area contributed by atoms with Crippen LogP contribution in [0.5, 0.6) is 6.01 Å². The molecule has 0 aliphatic carbocycles. The van der Waals surface area contributed by atoms with Crippen molar-refractivity contribution in [1.29, 1.82) is 0 Å². The molecule has 26 heavy (non-hydrogen) atoms. The van der Waals surface area contributed by atoms with E-state index in [9.17, 15) is 23.2 Å². The van der Waals surface area contributed by atoms with Gasteiger partial charge in [0.15, 0.2) is 18.1 Å². The Balaban J connectivity index is 1.68. The van der Waals surface area contributed by atoms with Gasteiger partial charge in [0.1, 0.15) is 11.7 Å². The predicted octanol–water partition coefficient (Wildman–Crippen LogP) is 1.81. The van der Waals surface area contributed by atoms with Crippen molar-refractivity contribution in [3.8, 4) is 6.01 Å². The Labute approximate surface area is 146 Å². The lowest BCUT2D eigenvalue weighted by atomic mass is 10.1. The first-order valence-corrected chi connectivity index (χ1v) is 7.88. The third kappa shape index (κ3) is 4.19. The van der Waals surface area contributed by atoms with Gasteiger partial charge < -0.3 is 14.8 Å². The highest BCUT2D eigenvalue weighted by Crippen LogP contribution is 2.28. The van der Waals surface area contributed by atoms with Crippen LogP contribution in [0.25, 0.3) is 0 Å². The summed E-state index contributed by atoms with van der Waals surface area (Å²) in [6, 6.07) is 3.37. The average Bonchev–Trinajstić information content (AvgIpc) is 2.61. The van der Waals surface area contributed by atoms with Crippen LogP contribution in [0.15, 0.2) is 36.8 Å². The van der Waals surface area contributed by atoms with Crippen molar-refractivity contribution in [3.05, 3.63) is 53.3 Å². The fourth-order valence-corrected chi connectivity index (χ4v) is 2.69. The smallest absolute Gasteiger partial charge is 0.433 e. The van der Waals surface area contributed by atoms with Crippen LogP contribution >= 0.6 is 0 Å². The number of halogens is 3. The molecule has 2 aromatic heterocycles. The predicted molar refractivity (Wildman–Crippen MR) is 82.0 cm³/mol. The van der Waals surface area contributed by atoms with E-state index in [0.29, 0.717) is 24.1 Å². The molecule has 1 aliphatic heterocycles. The summed E-state index contributed by atoms with van der Waals surface area (Å²) in [6.45, 7) is 0.641. The molecular weight excluding hydrogens is 353 g/mol. The molecule has 0 spiro atoms. The molecule has 1 unspecified atom stereocenters. The standard InChI is InChI=1S/C16H15F3N4O3/c17-16(18,19)13-5-6-20-15(21-13)26-12-4-2-7-22(10-12)14(24)11-3-1-8-23(25)9-11/h1,3,5-6,8-9,12H,2,4,7,10H2. The van der Waals surface area contributed by atoms with E-state index in [2.05, 4.69) is 9.97 Å². The number of pyridine rings is 1. The monoisotopic (exact) mass is 368 g/mol. The van der Waals surface area contributed by atoms with E-state index < -0.39 is 18.0 Å². The van der Waals surface area contributed by atoms with Gasteiger partial charge in [0.05, 0.1) is 6.54 Å². The first-order chi connectivity index (χ1) is 12.3. The van der Waals surface area contributed by atoms with E-state index in [1.165, 1.54) is 29.4 Å². The molecule has 0 bridgehead atoms. The topological polar surface area (TPSA) is 82.3 Å². The van der Waals surface area contributed by atoms with E-state index in [1.807, 2.05) is 0 Å². The molecule has 3 heterocycles. The number of alkyl halides is 3. The lowest BCUT2D eigenvalue weighted by Gasteiger charge is -2.32. The molecule has 2 aromatic rings. The largest absolute Gasteiger partial charge is 0.619 e. The van der Waals surface area contributed by atoms with Crippen molar-refractivity contribution < 1.29 is 27.4 Å². The third-order valence-electron chi connectivity index (χ3n) is 3.88. The molecule has 1 saturated heterocycles. The lowest BCUT2D eigenvalue weighted by molar-refractivity contribution is -0.605. The maximum atomic E-state index is 12.7. The minimum atomic E-state index is -4.59. The van der Waals surface area contributed by atoms with Crippen molar-refractivity contribution in [3.63, 3.8) is 0 Å². The Morgan fingerprint density at radius 3 is 2.92 bits per heavy atom. The molecule has 0 aromatic carbocycles. The maximum absolute atomic E-state index is 12.7. The number of hydrogen-bond donors (Lipinski definition) is 0. The fourth-order valence-electron chi connectivity index (χ4n) is 2.69. The van der Waals surface area contributed by atoms with Crippen LogP contribution in [0.2, 0.25) is 0 Å². The summed E-state index contributed by atoms with van der Waals surface area (Å²) in [4.78, 5) is 21.0. The molecule has 0 radical (unpaired) electrons. The number of ether oxygens (including phenoxy) is 1. The summed E-state index contributed by atoms with van der Waals surface area (Å²) in [5.74, 6) is -0.339. The Hall–Kier alpha value is -2.91. The SMILES string of the molecule is O=C(c1ccc[n+]([O-])c1)N1CCCC(Oc2nccc(C(F)(F)F)n2)C1. The third-order valence-corrected chi connectivity index (χ3v) is 3.88. The number of carbonyl (C=O) groups excluding carboxylic acids is 1. The highest BCUT2D eigenvalue weighted by molar-refractivity contribution is 5.93. The molecule has 7 nitrogen and oxygen atoms in total. The minimum absolute atomic E-state index is 0.173. The van der Waals surface area contributed by atoms with E-state index in [4.69, 9.17) is 4.74 Å². The van der Waals surface area contributed by atoms with Crippen LogP contribution in [0.4, 0.5) is 13.2 Å². The summed E-state index contributed by atoms with van der Waals surface area (Å²) in [5.41, 5.74) is -0.853. The quantitative estimate of drug-likeness (QED) is 0.610. The molecule has 1 fully saturated rings. The fraction of sp³-hybridized carbons (Fsp3) is 0.375. The molecule has 1 atom stereocenters. The molecule has 138 valence electrons. The van der Waals surface area contributed by atoms with Crippen LogP contribution in [0.1, 0.15) is 28.9 Å². The van der Waals surface area contributed by atoms with Gasteiger partial charge in [-0.25, -0.2) is 4.98 Å². The second-order valence-electron chi connectivity index (χ2n) is 5.81. The van der Waals surface area contributed by atoms with E-state index in [-0.39, 0.29) is 24.0 Å². The van der Waals surface area contributed by atoms with E-state index in [0.717, 1.165) is 12.3 Å². The van der Waals surface area contributed by atoms with Gasteiger partial charge in [0.2, 0.25) is 0 Å². The van der Waals surface area contributed by atoms with Crippen molar-refractivity contribution >= 4 is 5.91 Å². The lowest BCUT2D eigenvalue weighted by Crippen LogP contribution is -2.45. The van der Waals surface area contributed by atoms with Gasteiger partial charge in [0.25, 0.3) is 5.91 Å². The highest BCUT2D eigenvalue weighted by atomic mass is 19.4. The molecule has 1 amide bonds. The summed E-state index contributed by atoms with van der Waals surface area (Å²) < 4.78 is 44.1.